The van der Waals surface area contributed by atoms with E-state index in [4.69, 9.17) is 5.73 Å². The summed E-state index contributed by atoms with van der Waals surface area (Å²) in [4.78, 5) is 7.65. The zero-order valence-electron chi connectivity index (χ0n) is 10.5. The zero-order valence-corrected chi connectivity index (χ0v) is 14.5. The van der Waals surface area contributed by atoms with Crippen LogP contribution in [-0.2, 0) is 6.54 Å². The highest BCUT2D eigenvalue weighted by Crippen LogP contribution is 2.37. The summed E-state index contributed by atoms with van der Waals surface area (Å²) >= 11 is 8.77. The van der Waals surface area contributed by atoms with Crippen LogP contribution in [0.1, 0.15) is 16.5 Å². The smallest absolute Gasteiger partial charge is 0.0843 e. The summed E-state index contributed by atoms with van der Waals surface area (Å²) in [7, 11) is 2.09. The number of likely N-dealkylation sites (N-methyl/N-ethyl adjacent to an activating group) is 1. The molecular weight excluding hydrogens is 390 g/mol. The molecule has 0 spiro atoms. The molecule has 0 bridgehead atoms. The minimum atomic E-state index is 0.216. The summed E-state index contributed by atoms with van der Waals surface area (Å²) in [5.74, 6) is 0. The van der Waals surface area contributed by atoms with E-state index < -0.39 is 0 Å². The number of thiophene rings is 1. The van der Waals surface area contributed by atoms with Crippen molar-refractivity contribution in [2.24, 2.45) is 5.73 Å². The highest BCUT2D eigenvalue weighted by molar-refractivity contribution is 9.13. The van der Waals surface area contributed by atoms with Gasteiger partial charge in [0.05, 0.1) is 9.83 Å². The summed E-state index contributed by atoms with van der Waals surface area (Å²) in [6, 6.07) is 6.38. The number of pyridine rings is 1. The van der Waals surface area contributed by atoms with Crippen molar-refractivity contribution in [3.63, 3.8) is 0 Å². The third-order valence-corrected chi connectivity index (χ3v) is 6.26. The Morgan fingerprint density at radius 1 is 1.47 bits per heavy atom. The average Bonchev–Trinajstić information content (AvgIpc) is 2.71. The van der Waals surface area contributed by atoms with Crippen LogP contribution in [0.25, 0.3) is 0 Å². The van der Waals surface area contributed by atoms with Gasteiger partial charge in [-0.05, 0) is 56.6 Å². The molecule has 0 saturated heterocycles. The van der Waals surface area contributed by atoms with Crippen molar-refractivity contribution in [3.8, 4) is 0 Å². The Kier molecular flexibility index (Phi) is 5.53. The highest BCUT2D eigenvalue weighted by atomic mass is 79.9. The maximum Gasteiger partial charge on any atom is 0.0843 e. The van der Waals surface area contributed by atoms with E-state index >= 15 is 0 Å². The van der Waals surface area contributed by atoms with E-state index in [1.54, 1.807) is 17.5 Å². The predicted molar refractivity (Wildman–Crippen MR) is 87.2 cm³/mol. The van der Waals surface area contributed by atoms with Gasteiger partial charge in [0, 0.05) is 34.8 Å². The van der Waals surface area contributed by atoms with Crippen LogP contribution in [0.4, 0.5) is 0 Å². The molecule has 0 aliphatic rings. The van der Waals surface area contributed by atoms with Crippen LogP contribution in [0.2, 0.25) is 0 Å². The van der Waals surface area contributed by atoms with E-state index in [-0.39, 0.29) is 6.04 Å². The van der Waals surface area contributed by atoms with Gasteiger partial charge in [-0.3, -0.25) is 9.88 Å². The fraction of sp³-hybridized carbons (Fsp3) is 0.308. The number of nitrogens with two attached hydrogens (primary N) is 1. The Balaban J connectivity index is 2.13. The molecule has 0 fully saturated rings. The summed E-state index contributed by atoms with van der Waals surface area (Å²) in [6.45, 7) is 1.43. The molecule has 3 nitrogen and oxygen atoms in total. The Bertz CT molecular complexity index is 510. The molecule has 0 aliphatic carbocycles. The SMILES string of the molecule is CN(Cc1cccnc1)C(CN)c1cc(Br)c(Br)s1. The first-order valence-electron chi connectivity index (χ1n) is 5.85. The van der Waals surface area contributed by atoms with Crippen LogP contribution in [0.5, 0.6) is 0 Å². The lowest BCUT2D eigenvalue weighted by Crippen LogP contribution is -2.29. The van der Waals surface area contributed by atoms with Gasteiger partial charge in [-0.1, -0.05) is 6.07 Å². The van der Waals surface area contributed by atoms with E-state index in [0.717, 1.165) is 14.8 Å². The molecule has 2 aromatic rings. The van der Waals surface area contributed by atoms with E-state index in [1.165, 1.54) is 10.4 Å². The molecule has 2 aromatic heterocycles. The van der Waals surface area contributed by atoms with Crippen molar-refractivity contribution in [2.75, 3.05) is 13.6 Å². The molecule has 0 aliphatic heterocycles. The fourth-order valence-corrected chi connectivity index (χ4v) is 4.20. The van der Waals surface area contributed by atoms with E-state index in [9.17, 15) is 0 Å². The molecule has 19 heavy (non-hydrogen) atoms. The van der Waals surface area contributed by atoms with Gasteiger partial charge in [-0.15, -0.1) is 11.3 Å². The second-order valence-electron chi connectivity index (χ2n) is 4.30. The van der Waals surface area contributed by atoms with Crippen molar-refractivity contribution >= 4 is 43.2 Å². The Labute approximate surface area is 134 Å². The first kappa shape index (κ1) is 15.1. The lowest BCUT2D eigenvalue weighted by atomic mass is 10.2. The monoisotopic (exact) mass is 403 g/mol. The second-order valence-corrected chi connectivity index (χ2v) is 7.55. The topological polar surface area (TPSA) is 42.2 Å². The van der Waals surface area contributed by atoms with Gasteiger partial charge in [-0.2, -0.15) is 0 Å². The number of rotatable bonds is 5. The summed E-state index contributed by atoms with van der Waals surface area (Å²) in [5.41, 5.74) is 7.13. The molecule has 0 radical (unpaired) electrons. The van der Waals surface area contributed by atoms with Gasteiger partial charge in [0.25, 0.3) is 0 Å². The van der Waals surface area contributed by atoms with Crippen LogP contribution < -0.4 is 5.73 Å². The normalized spacial score (nSPS) is 12.9. The molecule has 2 N–H and O–H groups in total. The Morgan fingerprint density at radius 3 is 2.79 bits per heavy atom. The van der Waals surface area contributed by atoms with Crippen molar-refractivity contribution in [1.82, 2.24) is 9.88 Å². The van der Waals surface area contributed by atoms with E-state index in [1.807, 2.05) is 12.3 Å². The van der Waals surface area contributed by atoms with Crippen molar-refractivity contribution in [1.29, 1.82) is 0 Å². The second kappa shape index (κ2) is 6.95. The van der Waals surface area contributed by atoms with Crippen LogP contribution in [-0.4, -0.2) is 23.5 Å². The predicted octanol–water partition coefficient (Wildman–Crippen LogP) is 3.80. The summed E-state index contributed by atoms with van der Waals surface area (Å²) in [6.07, 6.45) is 3.68. The maximum atomic E-state index is 5.94. The van der Waals surface area contributed by atoms with E-state index in [2.05, 4.69) is 60.9 Å². The molecular formula is C13H15Br2N3S. The third-order valence-electron chi connectivity index (χ3n) is 2.90. The molecule has 102 valence electrons. The maximum absolute atomic E-state index is 5.94. The average molecular weight is 405 g/mol. The summed E-state index contributed by atoms with van der Waals surface area (Å²) < 4.78 is 2.19. The molecule has 0 saturated carbocycles. The lowest BCUT2D eigenvalue weighted by Gasteiger charge is -2.26. The number of aromatic nitrogens is 1. The van der Waals surface area contributed by atoms with Gasteiger partial charge in [-0.25, -0.2) is 0 Å². The molecule has 2 rings (SSSR count). The minimum Gasteiger partial charge on any atom is -0.329 e. The van der Waals surface area contributed by atoms with Crippen molar-refractivity contribution in [2.45, 2.75) is 12.6 Å². The highest BCUT2D eigenvalue weighted by Gasteiger charge is 2.19. The Hall–Kier alpha value is -0.270. The first-order chi connectivity index (χ1) is 9.11. The van der Waals surface area contributed by atoms with Gasteiger partial charge in [0.1, 0.15) is 0 Å². The molecule has 6 heteroatoms. The van der Waals surface area contributed by atoms with Gasteiger partial charge in [0.2, 0.25) is 0 Å². The lowest BCUT2D eigenvalue weighted by molar-refractivity contribution is 0.245. The summed E-state index contributed by atoms with van der Waals surface area (Å²) in [5, 5.41) is 0. The van der Waals surface area contributed by atoms with Gasteiger partial charge in [0.15, 0.2) is 0 Å². The minimum absolute atomic E-state index is 0.216. The number of hydrogen-bond donors (Lipinski definition) is 1. The number of halogens is 2. The molecule has 2 heterocycles. The molecule has 0 aromatic carbocycles. The zero-order chi connectivity index (χ0) is 13.8. The van der Waals surface area contributed by atoms with Crippen molar-refractivity contribution < 1.29 is 0 Å². The van der Waals surface area contributed by atoms with Crippen LogP contribution in [0, 0.1) is 0 Å². The van der Waals surface area contributed by atoms with Crippen LogP contribution in [0.15, 0.2) is 38.9 Å². The first-order valence-corrected chi connectivity index (χ1v) is 8.26. The molecule has 0 amide bonds. The molecule has 1 atom stereocenters. The van der Waals surface area contributed by atoms with Crippen molar-refractivity contribution in [3.05, 3.63) is 49.3 Å². The van der Waals surface area contributed by atoms with Crippen LogP contribution in [0.3, 0.4) is 0 Å². The van der Waals surface area contributed by atoms with E-state index in [0.29, 0.717) is 6.54 Å². The van der Waals surface area contributed by atoms with Crippen LogP contribution >= 0.6 is 43.2 Å². The Morgan fingerprint density at radius 2 is 2.26 bits per heavy atom. The largest absolute Gasteiger partial charge is 0.329 e. The van der Waals surface area contributed by atoms with Gasteiger partial charge < -0.3 is 5.73 Å². The van der Waals surface area contributed by atoms with Gasteiger partial charge >= 0.3 is 0 Å². The standard InChI is InChI=1S/C13H15Br2N3S/c1-18(8-9-3-2-4-17-7-9)11(6-16)12-5-10(14)13(15)19-12/h2-5,7,11H,6,8,16H2,1H3. The fourth-order valence-electron chi connectivity index (χ4n) is 1.93. The number of hydrogen-bond acceptors (Lipinski definition) is 4. The third kappa shape index (κ3) is 3.86. The quantitative estimate of drug-likeness (QED) is 0.823. The molecule has 1 unspecified atom stereocenters. The number of nitrogens with zero attached hydrogens (tertiary/aromatic N) is 2.